The molecule has 0 saturated carbocycles. The van der Waals surface area contributed by atoms with Gasteiger partial charge in [-0.3, -0.25) is 9.59 Å². The monoisotopic (exact) mass is 508 g/mol. The topological polar surface area (TPSA) is 62.0 Å². The molecule has 4 nitrogen and oxygen atoms in total. The number of H-pyrrole nitrogens is 1. The van der Waals surface area contributed by atoms with Crippen LogP contribution in [-0.2, 0) is 18.5 Å². The Morgan fingerprint density at radius 2 is 1.09 bits per heavy atom. The molecule has 0 aliphatic carbocycles. The summed E-state index contributed by atoms with van der Waals surface area (Å²) in [5.74, 6) is -1.20. The third-order valence-corrected chi connectivity index (χ3v) is 4.88. The van der Waals surface area contributed by atoms with E-state index in [2.05, 4.69) is 5.32 Å². The fourth-order valence-electron chi connectivity index (χ4n) is 3.11. The summed E-state index contributed by atoms with van der Waals surface area (Å²) in [7, 11) is 0. The van der Waals surface area contributed by atoms with E-state index < -0.39 is 58.4 Å². The van der Waals surface area contributed by atoms with Gasteiger partial charge in [-0.25, -0.2) is 0 Å². The first kappa shape index (κ1) is 25.8. The van der Waals surface area contributed by atoms with Crippen LogP contribution in [0.4, 0.5) is 39.5 Å². The van der Waals surface area contributed by atoms with Crippen LogP contribution < -0.4 is 10.9 Å². The van der Waals surface area contributed by atoms with Crippen molar-refractivity contribution in [3.63, 3.8) is 0 Å². The maximum absolute atomic E-state index is 12.9. The SMILES string of the molecule is O=C(NC(c1ccc(C(F)(F)F)cc1)c1ccc(C(F)(F)F)cc1)c1ccc(C(F)(F)F)[nH]c1=O. The quantitative estimate of drug-likeness (QED) is 0.428. The number of hydrogen-bond acceptors (Lipinski definition) is 2. The Bertz CT molecular complexity index is 1200. The van der Waals surface area contributed by atoms with Crippen molar-refractivity contribution < 1.29 is 44.3 Å². The van der Waals surface area contributed by atoms with E-state index in [1.807, 2.05) is 0 Å². The van der Waals surface area contributed by atoms with E-state index in [9.17, 15) is 49.1 Å². The van der Waals surface area contributed by atoms with Crippen LogP contribution in [0.3, 0.4) is 0 Å². The Morgan fingerprint density at radius 1 is 0.657 bits per heavy atom. The molecule has 1 aromatic heterocycles. The molecule has 1 heterocycles. The fraction of sp³-hybridized carbons (Fsp3) is 0.182. The van der Waals surface area contributed by atoms with E-state index in [0.29, 0.717) is 36.4 Å². The summed E-state index contributed by atoms with van der Waals surface area (Å²) in [6.45, 7) is 0. The van der Waals surface area contributed by atoms with Crippen LogP contribution >= 0.6 is 0 Å². The Kier molecular flexibility index (Phi) is 6.73. The Morgan fingerprint density at radius 3 is 1.43 bits per heavy atom. The second-order valence-electron chi connectivity index (χ2n) is 7.26. The van der Waals surface area contributed by atoms with Crippen LogP contribution in [0.2, 0.25) is 0 Å². The predicted octanol–water partition coefficient (Wildman–Crippen LogP) is 5.95. The maximum atomic E-state index is 12.9. The lowest BCUT2D eigenvalue weighted by Crippen LogP contribution is -2.34. The van der Waals surface area contributed by atoms with Gasteiger partial charge in [-0.1, -0.05) is 24.3 Å². The number of alkyl halides is 9. The van der Waals surface area contributed by atoms with Crippen LogP contribution in [0, 0.1) is 0 Å². The van der Waals surface area contributed by atoms with Gasteiger partial charge in [-0.15, -0.1) is 0 Å². The van der Waals surface area contributed by atoms with Gasteiger partial charge >= 0.3 is 18.5 Å². The first-order chi connectivity index (χ1) is 16.1. The largest absolute Gasteiger partial charge is 0.431 e. The minimum atomic E-state index is -4.89. The summed E-state index contributed by atoms with van der Waals surface area (Å²) in [6.07, 6.45) is -14.3. The van der Waals surface area contributed by atoms with Gasteiger partial charge in [-0.2, -0.15) is 39.5 Å². The molecule has 13 heteroatoms. The number of carbonyl (C=O) groups excluding carboxylic acids is 1. The van der Waals surface area contributed by atoms with E-state index in [1.165, 1.54) is 4.98 Å². The van der Waals surface area contributed by atoms with Crippen molar-refractivity contribution in [3.05, 3.63) is 105 Å². The molecule has 0 atom stereocenters. The minimum Gasteiger partial charge on any atom is -0.341 e. The Hall–Kier alpha value is -3.77. The highest BCUT2D eigenvalue weighted by Gasteiger charge is 2.34. The summed E-state index contributed by atoms with van der Waals surface area (Å²) >= 11 is 0. The number of rotatable bonds is 4. The lowest BCUT2D eigenvalue weighted by molar-refractivity contribution is -0.141. The predicted molar refractivity (Wildman–Crippen MR) is 104 cm³/mol. The second-order valence-corrected chi connectivity index (χ2v) is 7.26. The lowest BCUT2D eigenvalue weighted by Gasteiger charge is -2.21. The normalized spacial score (nSPS) is 12.6. The highest BCUT2D eigenvalue weighted by Crippen LogP contribution is 2.33. The zero-order valence-corrected chi connectivity index (χ0v) is 17.1. The molecule has 0 radical (unpaired) electrons. The molecule has 0 aliphatic rings. The number of amides is 1. The van der Waals surface area contributed by atoms with Gasteiger partial charge in [0.15, 0.2) is 0 Å². The standard InChI is InChI=1S/C22H13F9N2O2/c23-20(24,25)13-5-1-11(2-6-13)17(12-3-7-14(8-4-12)21(26,27)28)33-19(35)15-9-10-16(22(29,30)31)32-18(15)34/h1-10,17H,(H,32,34)(H,33,35). The fourth-order valence-corrected chi connectivity index (χ4v) is 3.11. The highest BCUT2D eigenvalue weighted by molar-refractivity contribution is 5.94. The molecule has 0 aliphatic heterocycles. The lowest BCUT2D eigenvalue weighted by atomic mass is 9.96. The molecule has 0 unspecified atom stereocenters. The van der Waals surface area contributed by atoms with Gasteiger partial charge < -0.3 is 10.3 Å². The van der Waals surface area contributed by atoms with Crippen molar-refractivity contribution in [2.24, 2.45) is 0 Å². The first-order valence-electron chi connectivity index (χ1n) is 9.53. The van der Waals surface area contributed by atoms with Gasteiger partial charge in [0.05, 0.1) is 17.2 Å². The smallest absolute Gasteiger partial charge is 0.341 e. The third kappa shape index (κ3) is 6.03. The molecule has 3 aromatic rings. The molecule has 0 saturated heterocycles. The van der Waals surface area contributed by atoms with Crippen molar-refractivity contribution in [3.8, 4) is 0 Å². The van der Waals surface area contributed by atoms with Crippen molar-refractivity contribution in [1.29, 1.82) is 0 Å². The number of halogens is 9. The van der Waals surface area contributed by atoms with Crippen molar-refractivity contribution in [2.45, 2.75) is 24.6 Å². The van der Waals surface area contributed by atoms with E-state index in [1.54, 1.807) is 0 Å². The average Bonchev–Trinajstić information content (AvgIpc) is 2.75. The molecule has 1 amide bonds. The summed E-state index contributed by atoms with van der Waals surface area (Å²) in [4.78, 5) is 26.2. The van der Waals surface area contributed by atoms with Gasteiger partial charge in [0, 0.05) is 0 Å². The second kappa shape index (κ2) is 9.12. The number of pyridine rings is 1. The molecule has 2 N–H and O–H groups in total. The van der Waals surface area contributed by atoms with Crippen LogP contribution in [0.1, 0.15) is 44.3 Å². The highest BCUT2D eigenvalue weighted by atomic mass is 19.4. The molecule has 186 valence electrons. The van der Waals surface area contributed by atoms with Crippen LogP contribution in [0.15, 0.2) is 65.5 Å². The first-order valence-corrected chi connectivity index (χ1v) is 9.53. The third-order valence-electron chi connectivity index (χ3n) is 4.88. The van der Waals surface area contributed by atoms with E-state index in [4.69, 9.17) is 0 Å². The van der Waals surface area contributed by atoms with Gasteiger partial charge in [0.1, 0.15) is 11.3 Å². The molecule has 0 spiro atoms. The summed E-state index contributed by atoms with van der Waals surface area (Å²) in [6, 6.07) is 6.35. The number of aromatic amines is 1. The van der Waals surface area contributed by atoms with E-state index >= 15 is 0 Å². The summed E-state index contributed by atoms with van der Waals surface area (Å²) in [5.41, 5.74) is -5.60. The molecule has 0 fully saturated rings. The molecular formula is C22H13F9N2O2. The molecule has 35 heavy (non-hydrogen) atoms. The molecule has 2 aromatic carbocycles. The number of carbonyl (C=O) groups is 1. The van der Waals surface area contributed by atoms with Crippen LogP contribution in [0.5, 0.6) is 0 Å². The minimum absolute atomic E-state index is 0.00875. The zero-order chi connectivity index (χ0) is 26.2. The Balaban J connectivity index is 2.00. The van der Waals surface area contributed by atoms with Crippen molar-refractivity contribution in [1.82, 2.24) is 10.3 Å². The number of benzene rings is 2. The van der Waals surface area contributed by atoms with Crippen LogP contribution in [0.25, 0.3) is 0 Å². The van der Waals surface area contributed by atoms with Gasteiger partial charge in [0.25, 0.3) is 11.5 Å². The van der Waals surface area contributed by atoms with Crippen LogP contribution in [-0.4, -0.2) is 10.9 Å². The van der Waals surface area contributed by atoms with E-state index in [0.717, 1.165) is 24.3 Å². The van der Waals surface area contributed by atoms with E-state index in [-0.39, 0.29) is 11.1 Å². The molecular weight excluding hydrogens is 495 g/mol. The number of hydrogen-bond donors (Lipinski definition) is 2. The summed E-state index contributed by atoms with van der Waals surface area (Å²) in [5, 5.41) is 2.28. The molecule has 3 rings (SSSR count). The number of nitrogens with one attached hydrogen (secondary N) is 2. The number of aromatic nitrogens is 1. The maximum Gasteiger partial charge on any atom is 0.431 e. The molecule has 0 bridgehead atoms. The van der Waals surface area contributed by atoms with Crippen molar-refractivity contribution in [2.75, 3.05) is 0 Å². The van der Waals surface area contributed by atoms with Crippen molar-refractivity contribution >= 4 is 5.91 Å². The zero-order valence-electron chi connectivity index (χ0n) is 17.1. The average molecular weight is 508 g/mol. The Labute approximate surface area is 190 Å². The van der Waals surface area contributed by atoms with Gasteiger partial charge in [0.2, 0.25) is 0 Å². The van der Waals surface area contributed by atoms with Gasteiger partial charge in [-0.05, 0) is 47.5 Å². The summed E-state index contributed by atoms with van der Waals surface area (Å²) < 4.78 is 116.